The molecule has 19 heavy (non-hydrogen) atoms. The second kappa shape index (κ2) is 5.83. The second-order valence-corrected chi connectivity index (χ2v) is 6.45. The molecule has 0 saturated heterocycles. The normalized spacial score (nSPS) is 10.5. The van der Waals surface area contributed by atoms with Crippen molar-refractivity contribution in [1.82, 2.24) is 15.0 Å². The summed E-state index contributed by atoms with van der Waals surface area (Å²) >= 11 is 0.232. The molecule has 0 saturated carbocycles. The Labute approximate surface area is 118 Å². The van der Waals surface area contributed by atoms with Gasteiger partial charge in [-0.2, -0.15) is 0 Å². The number of hydrogen-bond acceptors (Lipinski definition) is 2. The summed E-state index contributed by atoms with van der Waals surface area (Å²) in [6, 6.07) is 20.7. The van der Waals surface area contributed by atoms with Crippen LogP contribution >= 0.6 is 0 Å². The number of hydrogen-bond donors (Lipinski definition) is 0. The van der Waals surface area contributed by atoms with Crippen LogP contribution < -0.4 is 9.05 Å². The Morgan fingerprint density at radius 1 is 0.895 bits per heavy atom. The molecule has 0 aliphatic heterocycles. The molecule has 0 fully saturated rings. The van der Waals surface area contributed by atoms with Crippen molar-refractivity contribution in [3.63, 3.8) is 0 Å². The molecule has 3 rings (SSSR count). The summed E-state index contributed by atoms with van der Waals surface area (Å²) in [7, 11) is 0. The molecular formula is C15H13N3Se. The van der Waals surface area contributed by atoms with Gasteiger partial charge in [-0.25, -0.2) is 0 Å². The second-order valence-electron chi connectivity index (χ2n) is 4.16. The van der Waals surface area contributed by atoms with Gasteiger partial charge in [0.15, 0.2) is 0 Å². The van der Waals surface area contributed by atoms with E-state index in [-0.39, 0.29) is 15.0 Å². The minimum atomic E-state index is 0.232. The number of nitrogens with zero attached hydrogens (tertiary/aromatic N) is 3. The maximum absolute atomic E-state index is 4.25. The molecule has 0 bridgehead atoms. The molecule has 4 heteroatoms. The molecule has 94 valence electrons. The Balaban J connectivity index is 1.70. The van der Waals surface area contributed by atoms with Crippen molar-refractivity contribution < 1.29 is 0 Å². The molecule has 3 aromatic rings. The molecule has 0 aliphatic carbocycles. The van der Waals surface area contributed by atoms with Crippen LogP contribution in [0.2, 0.25) is 0 Å². The summed E-state index contributed by atoms with van der Waals surface area (Å²) in [5.41, 5.74) is 1.24. The van der Waals surface area contributed by atoms with E-state index in [9.17, 15) is 0 Å². The Kier molecular flexibility index (Phi) is 3.73. The van der Waals surface area contributed by atoms with Gasteiger partial charge in [-0.3, -0.25) is 0 Å². The molecule has 0 spiro atoms. The molecule has 1 heterocycles. The predicted octanol–water partition coefficient (Wildman–Crippen LogP) is 0.981. The van der Waals surface area contributed by atoms with E-state index in [0.29, 0.717) is 0 Å². The first-order chi connectivity index (χ1) is 9.40. The van der Waals surface area contributed by atoms with Crippen LogP contribution in [0, 0.1) is 0 Å². The van der Waals surface area contributed by atoms with Crippen molar-refractivity contribution in [2.75, 3.05) is 0 Å². The first-order valence-electron chi connectivity index (χ1n) is 6.07. The van der Waals surface area contributed by atoms with E-state index in [1.807, 2.05) is 35.1 Å². The third-order valence-electron chi connectivity index (χ3n) is 2.67. The fourth-order valence-corrected chi connectivity index (χ4v) is 3.43. The minimum absolute atomic E-state index is 0.232. The first kappa shape index (κ1) is 12.1. The molecule has 0 amide bonds. The quantitative estimate of drug-likeness (QED) is 0.672. The van der Waals surface area contributed by atoms with Crippen LogP contribution in [0.3, 0.4) is 0 Å². The Bertz CT molecular complexity index is 579. The molecule has 0 atom stereocenters. The summed E-state index contributed by atoms with van der Waals surface area (Å²) in [5, 5.41) is 8.44. The molecule has 1 aromatic heterocycles. The van der Waals surface area contributed by atoms with Gasteiger partial charge in [0.05, 0.1) is 0 Å². The van der Waals surface area contributed by atoms with E-state index < -0.39 is 0 Å². The van der Waals surface area contributed by atoms with E-state index in [4.69, 9.17) is 0 Å². The van der Waals surface area contributed by atoms with Crippen LogP contribution in [-0.2, 0) is 6.54 Å². The van der Waals surface area contributed by atoms with E-state index >= 15 is 0 Å². The van der Waals surface area contributed by atoms with Crippen LogP contribution in [0.4, 0.5) is 0 Å². The Hall–Kier alpha value is -1.90. The summed E-state index contributed by atoms with van der Waals surface area (Å²) in [5.74, 6) is 0. The van der Waals surface area contributed by atoms with Gasteiger partial charge in [-0.05, 0) is 0 Å². The monoisotopic (exact) mass is 315 g/mol. The average Bonchev–Trinajstić information content (AvgIpc) is 2.88. The molecular weight excluding hydrogens is 301 g/mol. The van der Waals surface area contributed by atoms with Crippen molar-refractivity contribution in [2.24, 2.45) is 0 Å². The van der Waals surface area contributed by atoms with Crippen LogP contribution in [-0.4, -0.2) is 30.0 Å². The van der Waals surface area contributed by atoms with Crippen LogP contribution in [0.15, 0.2) is 66.9 Å². The van der Waals surface area contributed by atoms with Gasteiger partial charge >= 0.3 is 118 Å². The maximum atomic E-state index is 4.25. The topological polar surface area (TPSA) is 30.7 Å². The van der Waals surface area contributed by atoms with Crippen molar-refractivity contribution in [3.8, 4) is 0 Å². The molecule has 0 unspecified atom stereocenters. The Morgan fingerprint density at radius 2 is 1.58 bits per heavy atom. The van der Waals surface area contributed by atoms with E-state index in [0.717, 1.165) is 11.1 Å². The van der Waals surface area contributed by atoms with Crippen molar-refractivity contribution in [1.29, 1.82) is 0 Å². The van der Waals surface area contributed by atoms with Crippen molar-refractivity contribution >= 4 is 24.0 Å². The van der Waals surface area contributed by atoms with Gasteiger partial charge in [0.1, 0.15) is 0 Å². The van der Waals surface area contributed by atoms with E-state index in [1.54, 1.807) is 0 Å². The summed E-state index contributed by atoms with van der Waals surface area (Å²) in [6.07, 6.45) is 2.04. The van der Waals surface area contributed by atoms with Gasteiger partial charge < -0.3 is 0 Å². The van der Waals surface area contributed by atoms with Gasteiger partial charge in [-0.1, -0.05) is 0 Å². The predicted molar refractivity (Wildman–Crippen MR) is 77.0 cm³/mol. The third kappa shape index (κ3) is 3.31. The van der Waals surface area contributed by atoms with E-state index in [1.165, 1.54) is 10.0 Å². The zero-order valence-corrected chi connectivity index (χ0v) is 12.0. The zero-order valence-electron chi connectivity index (χ0n) is 10.3. The van der Waals surface area contributed by atoms with Crippen molar-refractivity contribution in [2.45, 2.75) is 6.54 Å². The number of benzene rings is 2. The zero-order chi connectivity index (χ0) is 12.9. The average molecular weight is 314 g/mol. The van der Waals surface area contributed by atoms with E-state index in [2.05, 4.69) is 46.7 Å². The van der Waals surface area contributed by atoms with Crippen LogP contribution in [0.5, 0.6) is 0 Å². The third-order valence-corrected chi connectivity index (χ3v) is 4.57. The Morgan fingerprint density at radius 3 is 2.32 bits per heavy atom. The molecule has 2 aromatic carbocycles. The summed E-state index contributed by atoms with van der Waals surface area (Å²) in [6.45, 7) is 0.776. The fourth-order valence-electron chi connectivity index (χ4n) is 1.78. The standard InChI is InChI=1S/C15H13N3Se/c1-3-7-13(8-4-1)11-18-12-15(16-17-18)19-14-9-5-2-6-10-14/h1-10,12H,11H2. The summed E-state index contributed by atoms with van der Waals surface area (Å²) < 4.78 is 4.28. The SMILES string of the molecule is c1ccc(Cn2cc([Se]c3ccccc3)nn2)cc1. The van der Waals surface area contributed by atoms with Gasteiger partial charge in [0.25, 0.3) is 0 Å². The molecule has 0 N–H and O–H groups in total. The molecule has 3 nitrogen and oxygen atoms in total. The molecule has 0 aliphatic rings. The molecule has 0 radical (unpaired) electrons. The first-order valence-corrected chi connectivity index (χ1v) is 7.78. The van der Waals surface area contributed by atoms with Gasteiger partial charge in [-0.15, -0.1) is 0 Å². The fraction of sp³-hybridized carbons (Fsp3) is 0.0667. The van der Waals surface area contributed by atoms with Crippen molar-refractivity contribution in [3.05, 3.63) is 72.4 Å². The number of aromatic nitrogens is 3. The van der Waals surface area contributed by atoms with Gasteiger partial charge in [0.2, 0.25) is 0 Å². The van der Waals surface area contributed by atoms with Crippen LogP contribution in [0.1, 0.15) is 5.56 Å². The number of rotatable bonds is 4. The van der Waals surface area contributed by atoms with Gasteiger partial charge in [0, 0.05) is 0 Å². The van der Waals surface area contributed by atoms with Crippen LogP contribution in [0.25, 0.3) is 0 Å². The summed E-state index contributed by atoms with van der Waals surface area (Å²) in [4.78, 5) is 0.